The van der Waals surface area contributed by atoms with E-state index in [-0.39, 0.29) is 12.1 Å². The molecule has 0 unspecified atom stereocenters. The molecule has 1 aliphatic rings. The fourth-order valence-electron chi connectivity index (χ4n) is 1.75. The lowest BCUT2D eigenvalue weighted by atomic mass is 10.2. The Bertz CT molecular complexity index is 519. The van der Waals surface area contributed by atoms with E-state index < -0.39 is 17.4 Å². The summed E-state index contributed by atoms with van der Waals surface area (Å²) in [5, 5.41) is 8.80. The van der Waals surface area contributed by atoms with E-state index in [1.807, 2.05) is 0 Å². The molecular formula is C12H14N2O4. The number of aromatic nitrogens is 1. The number of carbonyl (C=O) groups excluding carboxylic acids is 1. The van der Waals surface area contributed by atoms with Gasteiger partial charge in [0.2, 0.25) is 0 Å². The van der Waals surface area contributed by atoms with Crippen LogP contribution in [0.1, 0.15) is 23.2 Å². The maximum atomic E-state index is 12.1. The van der Waals surface area contributed by atoms with Crippen molar-refractivity contribution in [3.05, 3.63) is 34.2 Å². The summed E-state index contributed by atoms with van der Waals surface area (Å²) >= 11 is 0. The first-order chi connectivity index (χ1) is 8.58. The minimum Gasteiger partial charge on any atom is -0.480 e. The van der Waals surface area contributed by atoms with Crippen LogP contribution in [0.25, 0.3) is 0 Å². The Labute approximate surface area is 103 Å². The molecule has 6 heteroatoms. The molecule has 0 saturated heterocycles. The monoisotopic (exact) mass is 250 g/mol. The number of carboxylic acids is 1. The topological polar surface area (TPSA) is 90.5 Å². The van der Waals surface area contributed by atoms with Gasteiger partial charge in [-0.1, -0.05) is 0 Å². The molecule has 1 amide bonds. The van der Waals surface area contributed by atoms with Crippen LogP contribution >= 0.6 is 0 Å². The number of hydrogen-bond acceptors (Lipinski definition) is 3. The summed E-state index contributed by atoms with van der Waals surface area (Å²) in [6, 6.07) is 2.95. The van der Waals surface area contributed by atoms with Gasteiger partial charge in [-0.05, 0) is 30.9 Å². The second-order valence-electron chi connectivity index (χ2n) is 4.44. The Kier molecular flexibility index (Phi) is 3.45. The zero-order valence-electron chi connectivity index (χ0n) is 9.76. The van der Waals surface area contributed by atoms with Gasteiger partial charge in [0.1, 0.15) is 12.1 Å². The third kappa shape index (κ3) is 2.97. The van der Waals surface area contributed by atoms with Crippen LogP contribution in [0.3, 0.4) is 0 Å². The van der Waals surface area contributed by atoms with Gasteiger partial charge in [-0.2, -0.15) is 0 Å². The largest absolute Gasteiger partial charge is 0.480 e. The highest BCUT2D eigenvalue weighted by molar-refractivity contribution is 5.95. The zero-order chi connectivity index (χ0) is 13.1. The molecule has 0 radical (unpaired) electrons. The van der Waals surface area contributed by atoms with Crippen molar-refractivity contribution in [2.24, 2.45) is 5.92 Å². The number of aliphatic carboxylic acids is 1. The van der Waals surface area contributed by atoms with Gasteiger partial charge in [0.05, 0.1) is 0 Å². The van der Waals surface area contributed by atoms with E-state index in [0.29, 0.717) is 12.5 Å². The van der Waals surface area contributed by atoms with Crippen LogP contribution in [0.5, 0.6) is 0 Å². The van der Waals surface area contributed by atoms with Crippen LogP contribution in [0.15, 0.2) is 23.1 Å². The number of hydrogen-bond donors (Lipinski definition) is 2. The van der Waals surface area contributed by atoms with Gasteiger partial charge < -0.3 is 15.0 Å². The minimum absolute atomic E-state index is 0.0144. The zero-order valence-corrected chi connectivity index (χ0v) is 9.76. The highest BCUT2D eigenvalue weighted by Gasteiger charge is 2.29. The lowest BCUT2D eigenvalue weighted by Crippen LogP contribution is -2.39. The first-order valence-electron chi connectivity index (χ1n) is 5.76. The fraction of sp³-hybridized carbons (Fsp3) is 0.417. The van der Waals surface area contributed by atoms with Crippen LogP contribution in [0.2, 0.25) is 0 Å². The van der Waals surface area contributed by atoms with Crippen LogP contribution < -0.4 is 5.56 Å². The van der Waals surface area contributed by atoms with Crippen molar-refractivity contribution in [3.63, 3.8) is 0 Å². The van der Waals surface area contributed by atoms with Crippen LogP contribution in [-0.4, -0.2) is 40.0 Å². The summed E-state index contributed by atoms with van der Waals surface area (Å²) in [7, 11) is 0. The van der Waals surface area contributed by atoms with Crippen molar-refractivity contribution in [1.82, 2.24) is 9.88 Å². The number of amides is 1. The van der Waals surface area contributed by atoms with Gasteiger partial charge in [0.25, 0.3) is 11.5 Å². The third-order valence-electron chi connectivity index (χ3n) is 2.84. The highest BCUT2D eigenvalue weighted by Crippen LogP contribution is 2.29. The first kappa shape index (κ1) is 12.3. The minimum atomic E-state index is -1.07. The number of aromatic amines is 1. The number of nitrogens with zero attached hydrogens (tertiary/aromatic N) is 1. The summed E-state index contributed by atoms with van der Waals surface area (Å²) in [5.41, 5.74) is -0.506. The fourth-order valence-corrected chi connectivity index (χ4v) is 1.75. The van der Waals surface area contributed by atoms with Gasteiger partial charge in [-0.25, -0.2) is 0 Å². The average Bonchev–Trinajstić information content (AvgIpc) is 3.11. The Morgan fingerprint density at radius 3 is 2.72 bits per heavy atom. The van der Waals surface area contributed by atoms with Gasteiger partial charge in [0.15, 0.2) is 0 Å². The lowest BCUT2D eigenvalue weighted by Gasteiger charge is -2.20. The van der Waals surface area contributed by atoms with Crippen molar-refractivity contribution in [1.29, 1.82) is 0 Å². The molecule has 0 aliphatic heterocycles. The Hall–Kier alpha value is -2.11. The Morgan fingerprint density at radius 2 is 2.17 bits per heavy atom. The normalized spacial score (nSPS) is 14.2. The SMILES string of the molecule is O=C(O)CN(CC1CC1)C(=O)c1ccc[nH]c1=O. The molecule has 1 fully saturated rings. The van der Waals surface area contributed by atoms with E-state index in [1.165, 1.54) is 17.2 Å². The van der Waals surface area contributed by atoms with Crippen molar-refractivity contribution in [3.8, 4) is 0 Å². The summed E-state index contributed by atoms with van der Waals surface area (Å²) in [4.78, 5) is 38.0. The molecule has 1 aromatic rings. The summed E-state index contributed by atoms with van der Waals surface area (Å²) < 4.78 is 0. The van der Waals surface area contributed by atoms with E-state index in [1.54, 1.807) is 6.07 Å². The molecular weight excluding hydrogens is 236 g/mol. The summed E-state index contributed by atoms with van der Waals surface area (Å²) in [6.07, 6.45) is 3.45. The molecule has 0 atom stereocenters. The van der Waals surface area contributed by atoms with Crippen molar-refractivity contribution in [2.45, 2.75) is 12.8 Å². The predicted octanol–water partition coefficient (Wildman–Crippen LogP) is 0.312. The first-order valence-corrected chi connectivity index (χ1v) is 5.76. The molecule has 1 aromatic heterocycles. The standard InChI is InChI=1S/C12H14N2O4/c15-10(16)7-14(6-8-3-4-8)12(18)9-2-1-5-13-11(9)17/h1-2,5,8H,3-4,6-7H2,(H,13,17)(H,15,16). The highest BCUT2D eigenvalue weighted by atomic mass is 16.4. The van der Waals surface area contributed by atoms with Crippen LogP contribution in [-0.2, 0) is 4.79 Å². The van der Waals surface area contributed by atoms with Crippen molar-refractivity contribution >= 4 is 11.9 Å². The number of carbonyl (C=O) groups is 2. The quantitative estimate of drug-likeness (QED) is 0.787. The number of carboxylic acid groups (broad SMARTS) is 1. The van der Waals surface area contributed by atoms with Crippen molar-refractivity contribution in [2.75, 3.05) is 13.1 Å². The molecule has 96 valence electrons. The predicted molar refractivity (Wildman–Crippen MR) is 63.3 cm³/mol. The molecule has 1 heterocycles. The van der Waals surface area contributed by atoms with Crippen LogP contribution in [0.4, 0.5) is 0 Å². The van der Waals surface area contributed by atoms with Gasteiger partial charge >= 0.3 is 5.97 Å². The Balaban J connectivity index is 2.18. The van der Waals surface area contributed by atoms with E-state index in [4.69, 9.17) is 5.11 Å². The number of H-pyrrole nitrogens is 1. The lowest BCUT2D eigenvalue weighted by molar-refractivity contribution is -0.137. The molecule has 18 heavy (non-hydrogen) atoms. The summed E-state index contributed by atoms with van der Waals surface area (Å²) in [6.45, 7) is 0.0309. The molecule has 0 bridgehead atoms. The van der Waals surface area contributed by atoms with Gasteiger partial charge in [0, 0.05) is 12.7 Å². The number of rotatable bonds is 5. The molecule has 0 spiro atoms. The molecule has 0 aromatic carbocycles. The number of pyridine rings is 1. The van der Waals surface area contributed by atoms with E-state index in [9.17, 15) is 14.4 Å². The smallest absolute Gasteiger partial charge is 0.323 e. The summed E-state index contributed by atoms with van der Waals surface area (Å²) in [5.74, 6) is -1.22. The van der Waals surface area contributed by atoms with E-state index in [0.717, 1.165) is 12.8 Å². The van der Waals surface area contributed by atoms with E-state index in [2.05, 4.69) is 4.98 Å². The van der Waals surface area contributed by atoms with E-state index >= 15 is 0 Å². The molecule has 2 N–H and O–H groups in total. The van der Waals surface area contributed by atoms with Crippen molar-refractivity contribution < 1.29 is 14.7 Å². The molecule has 1 saturated carbocycles. The molecule has 6 nitrogen and oxygen atoms in total. The van der Waals surface area contributed by atoms with Crippen LogP contribution in [0, 0.1) is 5.92 Å². The maximum Gasteiger partial charge on any atom is 0.323 e. The van der Waals surface area contributed by atoms with Gasteiger partial charge in [-0.3, -0.25) is 14.4 Å². The second kappa shape index (κ2) is 5.03. The average molecular weight is 250 g/mol. The molecule has 1 aliphatic carbocycles. The molecule has 2 rings (SSSR count). The third-order valence-corrected chi connectivity index (χ3v) is 2.84. The maximum absolute atomic E-state index is 12.1. The second-order valence-corrected chi connectivity index (χ2v) is 4.44. The number of nitrogens with one attached hydrogen (secondary N) is 1. The Morgan fingerprint density at radius 1 is 1.44 bits per heavy atom. The van der Waals surface area contributed by atoms with Gasteiger partial charge in [-0.15, -0.1) is 0 Å².